The Morgan fingerprint density at radius 3 is 2.50 bits per heavy atom. The van der Waals surface area contributed by atoms with Gasteiger partial charge in [0.15, 0.2) is 0 Å². The lowest BCUT2D eigenvalue weighted by molar-refractivity contribution is 0.407. The molecule has 114 valence electrons. The SMILES string of the molecule is CCc1ccc(OC)c(C(C#N)CCCc2ccccc2)c1. The fourth-order valence-electron chi connectivity index (χ4n) is 2.72. The third kappa shape index (κ3) is 4.11. The van der Waals surface area contributed by atoms with Crippen molar-refractivity contribution in [2.24, 2.45) is 0 Å². The van der Waals surface area contributed by atoms with E-state index < -0.39 is 0 Å². The molecule has 0 radical (unpaired) electrons. The Hall–Kier alpha value is -2.27. The Morgan fingerprint density at radius 1 is 1.09 bits per heavy atom. The van der Waals surface area contributed by atoms with E-state index in [1.54, 1.807) is 7.11 Å². The summed E-state index contributed by atoms with van der Waals surface area (Å²) in [5, 5.41) is 9.55. The Bertz CT molecular complexity index is 628. The van der Waals surface area contributed by atoms with Gasteiger partial charge in [-0.3, -0.25) is 0 Å². The van der Waals surface area contributed by atoms with Crippen LogP contribution < -0.4 is 4.74 Å². The van der Waals surface area contributed by atoms with Crippen LogP contribution in [0.1, 0.15) is 42.4 Å². The number of rotatable bonds is 7. The van der Waals surface area contributed by atoms with Crippen LogP contribution in [0.5, 0.6) is 5.75 Å². The first kappa shape index (κ1) is 16.1. The highest BCUT2D eigenvalue weighted by Gasteiger charge is 2.16. The minimum Gasteiger partial charge on any atom is -0.496 e. The maximum absolute atomic E-state index is 9.55. The van der Waals surface area contributed by atoms with Gasteiger partial charge in [0.25, 0.3) is 0 Å². The van der Waals surface area contributed by atoms with Crippen LogP contribution in [-0.4, -0.2) is 7.11 Å². The Balaban J connectivity index is 2.06. The zero-order valence-corrected chi connectivity index (χ0v) is 13.4. The van der Waals surface area contributed by atoms with E-state index in [2.05, 4.69) is 49.4 Å². The van der Waals surface area contributed by atoms with Crippen molar-refractivity contribution in [3.05, 3.63) is 65.2 Å². The Labute approximate surface area is 133 Å². The van der Waals surface area contributed by atoms with E-state index >= 15 is 0 Å². The second-order valence-corrected chi connectivity index (χ2v) is 5.49. The van der Waals surface area contributed by atoms with E-state index in [0.29, 0.717) is 0 Å². The molecule has 0 aliphatic rings. The van der Waals surface area contributed by atoms with Gasteiger partial charge in [-0.2, -0.15) is 5.26 Å². The van der Waals surface area contributed by atoms with Crippen LogP contribution in [0.2, 0.25) is 0 Å². The highest BCUT2D eigenvalue weighted by atomic mass is 16.5. The first-order valence-corrected chi connectivity index (χ1v) is 7.88. The highest BCUT2D eigenvalue weighted by Crippen LogP contribution is 2.31. The topological polar surface area (TPSA) is 33.0 Å². The molecule has 2 rings (SSSR count). The van der Waals surface area contributed by atoms with E-state index in [-0.39, 0.29) is 5.92 Å². The zero-order valence-electron chi connectivity index (χ0n) is 13.4. The first-order chi connectivity index (χ1) is 10.8. The summed E-state index contributed by atoms with van der Waals surface area (Å²) >= 11 is 0. The summed E-state index contributed by atoms with van der Waals surface area (Å²) in [4.78, 5) is 0. The lowest BCUT2D eigenvalue weighted by Gasteiger charge is -2.15. The van der Waals surface area contributed by atoms with Crippen molar-refractivity contribution in [2.75, 3.05) is 7.11 Å². The second-order valence-electron chi connectivity index (χ2n) is 5.49. The minimum absolute atomic E-state index is 0.106. The van der Waals surface area contributed by atoms with Crippen molar-refractivity contribution in [1.82, 2.24) is 0 Å². The average Bonchev–Trinajstić information content (AvgIpc) is 2.59. The molecule has 0 N–H and O–H groups in total. The van der Waals surface area contributed by atoms with Gasteiger partial charge in [0, 0.05) is 5.56 Å². The third-order valence-corrected chi connectivity index (χ3v) is 4.03. The van der Waals surface area contributed by atoms with Crippen LogP contribution >= 0.6 is 0 Å². The third-order valence-electron chi connectivity index (χ3n) is 4.03. The Morgan fingerprint density at radius 2 is 1.86 bits per heavy atom. The second kappa shape index (κ2) is 8.24. The number of hydrogen-bond donors (Lipinski definition) is 0. The van der Waals surface area contributed by atoms with Gasteiger partial charge in [-0.25, -0.2) is 0 Å². The fraction of sp³-hybridized carbons (Fsp3) is 0.350. The van der Waals surface area contributed by atoms with Gasteiger partial charge in [-0.15, -0.1) is 0 Å². The molecule has 1 unspecified atom stereocenters. The summed E-state index contributed by atoms with van der Waals surface area (Å²) in [7, 11) is 1.67. The summed E-state index contributed by atoms with van der Waals surface area (Å²) < 4.78 is 5.44. The van der Waals surface area contributed by atoms with Gasteiger partial charge in [0.2, 0.25) is 0 Å². The van der Waals surface area contributed by atoms with Crippen molar-refractivity contribution in [3.63, 3.8) is 0 Å². The predicted molar refractivity (Wildman–Crippen MR) is 90.1 cm³/mol. The smallest absolute Gasteiger partial charge is 0.123 e. The van der Waals surface area contributed by atoms with E-state index in [1.807, 2.05) is 12.1 Å². The van der Waals surface area contributed by atoms with Crippen molar-refractivity contribution >= 4 is 0 Å². The Kier molecular flexibility index (Phi) is 6.03. The summed E-state index contributed by atoms with van der Waals surface area (Å²) in [6, 6.07) is 19.1. The van der Waals surface area contributed by atoms with Crippen LogP contribution in [0.15, 0.2) is 48.5 Å². The molecule has 2 heteroatoms. The number of hydrogen-bond acceptors (Lipinski definition) is 2. The van der Waals surface area contributed by atoms with Gasteiger partial charge >= 0.3 is 0 Å². The first-order valence-electron chi connectivity index (χ1n) is 7.88. The van der Waals surface area contributed by atoms with Gasteiger partial charge in [0.1, 0.15) is 5.75 Å². The van der Waals surface area contributed by atoms with Crippen LogP contribution in [0.3, 0.4) is 0 Å². The molecule has 0 fully saturated rings. The molecule has 1 atom stereocenters. The molecule has 0 amide bonds. The number of aryl methyl sites for hydroxylation is 2. The maximum atomic E-state index is 9.55. The standard InChI is InChI=1S/C20H23NO/c1-3-16-12-13-20(22-2)19(14-16)18(15-21)11-7-10-17-8-5-4-6-9-17/h4-6,8-9,12-14,18H,3,7,10-11H2,1-2H3. The summed E-state index contributed by atoms with van der Waals surface area (Å²) in [5.41, 5.74) is 3.60. The largest absolute Gasteiger partial charge is 0.496 e. The quantitative estimate of drug-likeness (QED) is 0.728. The van der Waals surface area contributed by atoms with Gasteiger partial charge in [-0.1, -0.05) is 49.4 Å². The van der Waals surface area contributed by atoms with Crippen molar-refractivity contribution in [1.29, 1.82) is 5.26 Å². The normalized spacial score (nSPS) is 11.7. The predicted octanol–water partition coefficient (Wildman–Crippen LogP) is 4.89. The number of methoxy groups -OCH3 is 1. The molecule has 0 aliphatic carbocycles. The molecular formula is C20H23NO. The van der Waals surface area contributed by atoms with E-state index in [4.69, 9.17) is 4.74 Å². The molecule has 2 nitrogen and oxygen atoms in total. The number of nitriles is 1. The zero-order chi connectivity index (χ0) is 15.8. The molecule has 0 saturated heterocycles. The van der Waals surface area contributed by atoms with Crippen molar-refractivity contribution < 1.29 is 4.74 Å². The molecule has 0 spiro atoms. The molecule has 2 aromatic rings. The van der Waals surface area contributed by atoms with E-state index in [1.165, 1.54) is 11.1 Å². The minimum atomic E-state index is -0.106. The number of benzene rings is 2. The molecule has 0 aromatic heterocycles. The highest BCUT2D eigenvalue weighted by molar-refractivity contribution is 5.42. The molecule has 0 aliphatic heterocycles. The van der Waals surface area contributed by atoms with Gasteiger partial charge < -0.3 is 4.74 Å². The van der Waals surface area contributed by atoms with Crippen molar-refractivity contribution in [3.8, 4) is 11.8 Å². The average molecular weight is 293 g/mol. The van der Waals surface area contributed by atoms with Crippen LogP contribution in [-0.2, 0) is 12.8 Å². The number of ether oxygens (including phenoxy) is 1. The molecular weight excluding hydrogens is 270 g/mol. The molecule has 0 bridgehead atoms. The van der Waals surface area contributed by atoms with Crippen molar-refractivity contribution in [2.45, 2.75) is 38.5 Å². The lowest BCUT2D eigenvalue weighted by atomic mass is 9.91. The van der Waals surface area contributed by atoms with E-state index in [0.717, 1.165) is 37.0 Å². The van der Waals surface area contributed by atoms with Gasteiger partial charge in [-0.05, 0) is 42.9 Å². The molecule has 0 heterocycles. The molecule has 22 heavy (non-hydrogen) atoms. The summed E-state index contributed by atoms with van der Waals surface area (Å²) in [6.07, 6.45) is 3.84. The lowest BCUT2D eigenvalue weighted by Crippen LogP contribution is -2.02. The molecule has 2 aromatic carbocycles. The molecule has 0 saturated carbocycles. The maximum Gasteiger partial charge on any atom is 0.123 e. The summed E-state index contributed by atoms with van der Waals surface area (Å²) in [5.74, 6) is 0.716. The van der Waals surface area contributed by atoms with Crippen LogP contribution in [0.4, 0.5) is 0 Å². The van der Waals surface area contributed by atoms with E-state index in [9.17, 15) is 5.26 Å². The fourth-order valence-corrected chi connectivity index (χ4v) is 2.72. The van der Waals surface area contributed by atoms with Gasteiger partial charge in [0.05, 0.1) is 19.1 Å². The van der Waals surface area contributed by atoms with Crippen LogP contribution in [0.25, 0.3) is 0 Å². The monoisotopic (exact) mass is 293 g/mol. The van der Waals surface area contributed by atoms with Crippen LogP contribution in [0, 0.1) is 11.3 Å². The summed E-state index contributed by atoms with van der Waals surface area (Å²) in [6.45, 7) is 2.13. The number of nitrogens with zero attached hydrogens (tertiary/aromatic N) is 1.